The minimum Gasteiger partial charge on any atom is -0.342 e. The lowest BCUT2D eigenvalue weighted by atomic mass is 9.96. The van der Waals surface area contributed by atoms with Crippen molar-refractivity contribution in [3.63, 3.8) is 0 Å². The average Bonchev–Trinajstić information content (AvgIpc) is 2.47. The second kappa shape index (κ2) is 6.47. The molecule has 0 aromatic heterocycles. The van der Waals surface area contributed by atoms with Crippen LogP contribution in [0.2, 0.25) is 0 Å². The Morgan fingerprint density at radius 1 is 1.35 bits per heavy atom. The summed E-state index contributed by atoms with van der Waals surface area (Å²) in [7, 11) is 0. The minimum absolute atomic E-state index is 0.0118. The molecule has 0 aliphatic carbocycles. The summed E-state index contributed by atoms with van der Waals surface area (Å²) in [5.41, 5.74) is 6.11. The molecule has 0 bridgehead atoms. The van der Waals surface area contributed by atoms with Gasteiger partial charge in [0.2, 0.25) is 5.91 Å². The van der Waals surface area contributed by atoms with Gasteiger partial charge in [0.15, 0.2) is 0 Å². The van der Waals surface area contributed by atoms with E-state index in [9.17, 15) is 14.9 Å². The molecular weight excluding hydrogens is 258 g/mol. The zero-order valence-corrected chi connectivity index (χ0v) is 11.3. The lowest BCUT2D eigenvalue weighted by Crippen LogP contribution is -2.40. The van der Waals surface area contributed by atoms with E-state index in [0.717, 1.165) is 12.8 Å². The largest absolute Gasteiger partial charge is 0.342 e. The molecule has 1 aromatic rings. The molecule has 20 heavy (non-hydrogen) atoms. The van der Waals surface area contributed by atoms with Gasteiger partial charge in [0.25, 0.3) is 5.69 Å². The summed E-state index contributed by atoms with van der Waals surface area (Å²) in [6.07, 6.45) is 1.92. The van der Waals surface area contributed by atoms with Crippen LogP contribution >= 0.6 is 0 Å². The van der Waals surface area contributed by atoms with Crippen LogP contribution in [0.5, 0.6) is 0 Å². The molecule has 108 valence electrons. The molecule has 0 atom stereocenters. The molecule has 1 aliphatic rings. The highest BCUT2D eigenvalue weighted by Crippen LogP contribution is 2.21. The first kappa shape index (κ1) is 14.5. The highest BCUT2D eigenvalue weighted by molar-refractivity contribution is 5.80. The number of hydrogen-bond acceptors (Lipinski definition) is 4. The number of likely N-dealkylation sites (tertiary alicyclic amines) is 1. The van der Waals surface area contributed by atoms with Crippen LogP contribution in [-0.2, 0) is 11.2 Å². The summed E-state index contributed by atoms with van der Waals surface area (Å²) >= 11 is 0. The Kier molecular flexibility index (Phi) is 4.68. The third-order valence-electron chi connectivity index (χ3n) is 3.83. The Balaban J connectivity index is 2.00. The predicted octanol–water partition coefficient (Wildman–Crippen LogP) is 1.33. The summed E-state index contributed by atoms with van der Waals surface area (Å²) < 4.78 is 0. The van der Waals surface area contributed by atoms with Crippen LogP contribution in [-0.4, -0.2) is 35.4 Å². The molecule has 0 spiro atoms. The van der Waals surface area contributed by atoms with E-state index in [0.29, 0.717) is 31.1 Å². The Bertz CT molecular complexity index is 496. The van der Waals surface area contributed by atoms with E-state index in [4.69, 9.17) is 5.73 Å². The van der Waals surface area contributed by atoms with E-state index >= 15 is 0 Å². The second-order valence-corrected chi connectivity index (χ2v) is 5.12. The molecule has 6 heteroatoms. The first-order valence-electron chi connectivity index (χ1n) is 6.82. The van der Waals surface area contributed by atoms with E-state index in [1.165, 1.54) is 6.07 Å². The molecule has 1 saturated heterocycles. The standard InChI is InChI=1S/C14H19N3O3/c15-10-11-5-7-16(8-6-11)14(18)9-12-3-1-2-4-13(12)17(19)20/h1-4,11H,5-10,15H2. The molecule has 1 fully saturated rings. The van der Waals surface area contributed by atoms with E-state index in [1.807, 2.05) is 0 Å². The van der Waals surface area contributed by atoms with Crippen molar-refractivity contribution in [2.24, 2.45) is 11.7 Å². The van der Waals surface area contributed by atoms with Crippen molar-refractivity contribution in [2.75, 3.05) is 19.6 Å². The summed E-state index contributed by atoms with van der Waals surface area (Å²) in [5.74, 6) is 0.444. The summed E-state index contributed by atoms with van der Waals surface area (Å²) in [6, 6.07) is 6.40. The number of carbonyl (C=O) groups excluding carboxylic acids is 1. The highest BCUT2D eigenvalue weighted by atomic mass is 16.6. The summed E-state index contributed by atoms with van der Waals surface area (Å²) in [6.45, 7) is 2.05. The highest BCUT2D eigenvalue weighted by Gasteiger charge is 2.24. The number of piperidine rings is 1. The van der Waals surface area contributed by atoms with Gasteiger partial charge in [-0.05, 0) is 25.3 Å². The number of benzene rings is 1. The SMILES string of the molecule is NCC1CCN(C(=O)Cc2ccccc2[N+](=O)[O-])CC1. The summed E-state index contributed by atoms with van der Waals surface area (Å²) in [5, 5.41) is 10.9. The average molecular weight is 277 g/mol. The Morgan fingerprint density at radius 2 is 2.00 bits per heavy atom. The number of nitro benzene ring substituents is 1. The van der Waals surface area contributed by atoms with Crippen molar-refractivity contribution in [2.45, 2.75) is 19.3 Å². The van der Waals surface area contributed by atoms with Gasteiger partial charge < -0.3 is 10.6 Å². The van der Waals surface area contributed by atoms with Crippen molar-refractivity contribution >= 4 is 11.6 Å². The van der Waals surface area contributed by atoms with Crippen LogP contribution in [0.1, 0.15) is 18.4 Å². The van der Waals surface area contributed by atoms with Crippen molar-refractivity contribution in [1.29, 1.82) is 0 Å². The third-order valence-corrected chi connectivity index (χ3v) is 3.83. The predicted molar refractivity (Wildman–Crippen MR) is 75.2 cm³/mol. The minimum atomic E-state index is -0.441. The lowest BCUT2D eigenvalue weighted by Gasteiger charge is -2.31. The maximum atomic E-state index is 12.2. The van der Waals surface area contributed by atoms with Crippen LogP contribution in [0.4, 0.5) is 5.69 Å². The van der Waals surface area contributed by atoms with Crippen LogP contribution in [0.15, 0.2) is 24.3 Å². The monoisotopic (exact) mass is 277 g/mol. The summed E-state index contributed by atoms with van der Waals surface area (Å²) in [4.78, 5) is 24.5. The molecular formula is C14H19N3O3. The molecule has 0 radical (unpaired) electrons. The zero-order chi connectivity index (χ0) is 14.5. The van der Waals surface area contributed by atoms with E-state index in [1.54, 1.807) is 23.1 Å². The number of nitrogens with zero attached hydrogens (tertiary/aromatic N) is 2. The molecule has 0 saturated carbocycles. The number of carbonyl (C=O) groups is 1. The quantitative estimate of drug-likeness (QED) is 0.664. The van der Waals surface area contributed by atoms with Gasteiger partial charge in [-0.15, -0.1) is 0 Å². The van der Waals surface area contributed by atoms with E-state index in [-0.39, 0.29) is 18.0 Å². The number of para-hydroxylation sites is 1. The van der Waals surface area contributed by atoms with Gasteiger partial charge >= 0.3 is 0 Å². The molecule has 2 rings (SSSR count). The lowest BCUT2D eigenvalue weighted by molar-refractivity contribution is -0.385. The molecule has 1 aromatic carbocycles. The fraction of sp³-hybridized carbons (Fsp3) is 0.500. The first-order chi connectivity index (χ1) is 9.61. The van der Waals surface area contributed by atoms with Gasteiger partial charge in [0.1, 0.15) is 0 Å². The Labute approximate surface area is 117 Å². The van der Waals surface area contributed by atoms with E-state index < -0.39 is 4.92 Å². The topological polar surface area (TPSA) is 89.5 Å². The van der Waals surface area contributed by atoms with Gasteiger partial charge in [0.05, 0.1) is 11.3 Å². The maximum Gasteiger partial charge on any atom is 0.273 e. The maximum absolute atomic E-state index is 12.2. The zero-order valence-electron chi connectivity index (χ0n) is 11.3. The van der Waals surface area contributed by atoms with Crippen molar-refractivity contribution in [1.82, 2.24) is 4.90 Å². The third kappa shape index (κ3) is 3.33. The second-order valence-electron chi connectivity index (χ2n) is 5.12. The molecule has 1 aliphatic heterocycles. The van der Waals surface area contributed by atoms with Gasteiger partial charge in [0, 0.05) is 24.7 Å². The fourth-order valence-electron chi connectivity index (χ4n) is 2.53. The fourth-order valence-corrected chi connectivity index (χ4v) is 2.53. The molecule has 1 amide bonds. The number of nitro groups is 1. The number of amides is 1. The van der Waals surface area contributed by atoms with Crippen LogP contribution < -0.4 is 5.73 Å². The molecule has 0 unspecified atom stereocenters. The van der Waals surface area contributed by atoms with Crippen molar-refractivity contribution in [3.05, 3.63) is 39.9 Å². The Hall–Kier alpha value is -1.95. The normalized spacial score (nSPS) is 16.1. The molecule has 2 N–H and O–H groups in total. The molecule has 1 heterocycles. The van der Waals surface area contributed by atoms with Crippen LogP contribution in [0.25, 0.3) is 0 Å². The first-order valence-corrected chi connectivity index (χ1v) is 6.82. The van der Waals surface area contributed by atoms with Crippen molar-refractivity contribution < 1.29 is 9.72 Å². The Morgan fingerprint density at radius 3 is 2.60 bits per heavy atom. The van der Waals surface area contributed by atoms with Crippen LogP contribution in [0, 0.1) is 16.0 Å². The number of nitrogens with two attached hydrogens (primary N) is 1. The number of rotatable bonds is 4. The van der Waals surface area contributed by atoms with E-state index in [2.05, 4.69) is 0 Å². The van der Waals surface area contributed by atoms with Gasteiger partial charge in [-0.2, -0.15) is 0 Å². The van der Waals surface area contributed by atoms with Gasteiger partial charge in [-0.25, -0.2) is 0 Å². The van der Waals surface area contributed by atoms with Crippen LogP contribution in [0.3, 0.4) is 0 Å². The number of hydrogen-bond donors (Lipinski definition) is 1. The molecule has 6 nitrogen and oxygen atoms in total. The smallest absolute Gasteiger partial charge is 0.273 e. The van der Waals surface area contributed by atoms with Gasteiger partial charge in [-0.1, -0.05) is 18.2 Å². The van der Waals surface area contributed by atoms with Gasteiger partial charge in [-0.3, -0.25) is 14.9 Å². The van der Waals surface area contributed by atoms with Crippen molar-refractivity contribution in [3.8, 4) is 0 Å².